The average molecular weight is 310 g/mol. The third-order valence-electron chi connectivity index (χ3n) is 3.73. The standard InChI is InChI=1S/C19H16ClNO/c1-13(21-19(22)15-8-10-18(20)11-9-15)16-7-6-14-4-2-3-5-17(14)12-16/h2-13H,1H3,(H,21,22)/t13-/m0/s1. The highest BCUT2D eigenvalue weighted by Gasteiger charge is 2.11. The summed E-state index contributed by atoms with van der Waals surface area (Å²) in [5.41, 5.74) is 1.69. The van der Waals surface area contributed by atoms with Crippen LogP contribution in [0.2, 0.25) is 5.02 Å². The van der Waals surface area contributed by atoms with Crippen molar-refractivity contribution >= 4 is 28.3 Å². The number of hydrogen-bond donors (Lipinski definition) is 1. The molecule has 110 valence electrons. The Kier molecular flexibility index (Phi) is 4.12. The van der Waals surface area contributed by atoms with Crippen molar-refractivity contribution in [2.45, 2.75) is 13.0 Å². The maximum atomic E-state index is 12.2. The molecule has 0 aliphatic heterocycles. The van der Waals surface area contributed by atoms with Gasteiger partial charge in [0, 0.05) is 10.6 Å². The van der Waals surface area contributed by atoms with E-state index in [1.165, 1.54) is 10.8 Å². The fourth-order valence-corrected chi connectivity index (χ4v) is 2.57. The molecule has 0 radical (unpaired) electrons. The van der Waals surface area contributed by atoms with E-state index < -0.39 is 0 Å². The van der Waals surface area contributed by atoms with E-state index in [1.807, 2.05) is 19.1 Å². The zero-order valence-corrected chi connectivity index (χ0v) is 13.0. The number of carbonyl (C=O) groups excluding carboxylic acids is 1. The molecule has 3 aromatic carbocycles. The van der Waals surface area contributed by atoms with Gasteiger partial charge in [0.15, 0.2) is 0 Å². The van der Waals surface area contributed by atoms with Crippen molar-refractivity contribution < 1.29 is 4.79 Å². The molecule has 22 heavy (non-hydrogen) atoms. The Balaban J connectivity index is 1.79. The highest BCUT2D eigenvalue weighted by molar-refractivity contribution is 6.30. The van der Waals surface area contributed by atoms with Gasteiger partial charge in [0.1, 0.15) is 0 Å². The van der Waals surface area contributed by atoms with Gasteiger partial charge in [-0.15, -0.1) is 0 Å². The van der Waals surface area contributed by atoms with Crippen molar-refractivity contribution in [2.24, 2.45) is 0 Å². The van der Waals surface area contributed by atoms with Crippen LogP contribution in [0.5, 0.6) is 0 Å². The van der Waals surface area contributed by atoms with Crippen LogP contribution >= 0.6 is 11.6 Å². The molecule has 0 saturated carbocycles. The minimum absolute atomic E-state index is 0.0622. The van der Waals surface area contributed by atoms with Crippen LogP contribution in [-0.2, 0) is 0 Å². The molecule has 2 nitrogen and oxygen atoms in total. The van der Waals surface area contributed by atoms with Gasteiger partial charge in [0.25, 0.3) is 5.91 Å². The van der Waals surface area contributed by atoms with Crippen LogP contribution in [0.3, 0.4) is 0 Å². The monoisotopic (exact) mass is 309 g/mol. The summed E-state index contributed by atoms with van der Waals surface area (Å²) >= 11 is 5.84. The molecular weight excluding hydrogens is 294 g/mol. The maximum absolute atomic E-state index is 12.2. The summed E-state index contributed by atoms with van der Waals surface area (Å²) in [7, 11) is 0. The van der Waals surface area contributed by atoms with Crippen molar-refractivity contribution in [3.05, 3.63) is 82.9 Å². The van der Waals surface area contributed by atoms with E-state index in [9.17, 15) is 4.79 Å². The normalized spacial score (nSPS) is 12.1. The first kappa shape index (κ1) is 14.6. The highest BCUT2D eigenvalue weighted by Crippen LogP contribution is 2.20. The molecule has 1 N–H and O–H groups in total. The lowest BCUT2D eigenvalue weighted by atomic mass is 10.0. The predicted octanol–water partition coefficient (Wildman–Crippen LogP) is 4.98. The van der Waals surface area contributed by atoms with Crippen LogP contribution in [0.15, 0.2) is 66.7 Å². The summed E-state index contributed by atoms with van der Waals surface area (Å²) in [5.74, 6) is -0.0997. The second-order valence-corrected chi connectivity index (χ2v) is 5.75. The van der Waals surface area contributed by atoms with Crippen molar-refractivity contribution in [2.75, 3.05) is 0 Å². The van der Waals surface area contributed by atoms with Gasteiger partial charge in [-0.3, -0.25) is 4.79 Å². The zero-order chi connectivity index (χ0) is 15.5. The number of rotatable bonds is 3. The highest BCUT2D eigenvalue weighted by atomic mass is 35.5. The molecule has 0 aliphatic rings. The lowest BCUT2D eigenvalue weighted by molar-refractivity contribution is 0.0940. The molecule has 0 spiro atoms. The van der Waals surface area contributed by atoms with Crippen LogP contribution in [0, 0.1) is 0 Å². The molecule has 3 rings (SSSR count). The molecule has 0 aromatic heterocycles. The Bertz CT molecular complexity index is 811. The molecule has 0 fully saturated rings. The maximum Gasteiger partial charge on any atom is 0.251 e. The number of amides is 1. The van der Waals surface area contributed by atoms with E-state index in [-0.39, 0.29) is 11.9 Å². The molecular formula is C19H16ClNO. The summed E-state index contributed by atoms with van der Waals surface area (Å²) in [6.45, 7) is 1.98. The van der Waals surface area contributed by atoms with Gasteiger partial charge in [0.2, 0.25) is 0 Å². The summed E-state index contributed by atoms with van der Waals surface area (Å²) in [6, 6.07) is 21.3. The van der Waals surface area contributed by atoms with E-state index in [2.05, 4.69) is 35.6 Å². The Morgan fingerprint density at radius 3 is 2.36 bits per heavy atom. The van der Waals surface area contributed by atoms with Crippen LogP contribution in [-0.4, -0.2) is 5.91 Å². The molecule has 3 heteroatoms. The number of hydrogen-bond acceptors (Lipinski definition) is 1. The second-order valence-electron chi connectivity index (χ2n) is 5.31. The van der Waals surface area contributed by atoms with E-state index in [0.29, 0.717) is 10.6 Å². The third-order valence-corrected chi connectivity index (χ3v) is 3.98. The first-order valence-electron chi connectivity index (χ1n) is 7.18. The molecule has 3 aromatic rings. The van der Waals surface area contributed by atoms with Crippen molar-refractivity contribution in [3.63, 3.8) is 0 Å². The average Bonchev–Trinajstić information content (AvgIpc) is 2.55. The summed E-state index contributed by atoms with van der Waals surface area (Å²) in [4.78, 5) is 12.2. The SMILES string of the molecule is C[C@H](NC(=O)c1ccc(Cl)cc1)c1ccc2ccccc2c1. The molecule has 0 aliphatic carbocycles. The van der Waals surface area contributed by atoms with E-state index in [1.54, 1.807) is 24.3 Å². The number of benzene rings is 3. The van der Waals surface area contributed by atoms with Gasteiger partial charge >= 0.3 is 0 Å². The number of halogens is 1. The number of carbonyl (C=O) groups is 1. The van der Waals surface area contributed by atoms with Gasteiger partial charge in [-0.25, -0.2) is 0 Å². The molecule has 1 amide bonds. The van der Waals surface area contributed by atoms with Gasteiger partial charge in [0.05, 0.1) is 6.04 Å². The molecule has 0 heterocycles. The topological polar surface area (TPSA) is 29.1 Å². The minimum Gasteiger partial charge on any atom is -0.346 e. The van der Waals surface area contributed by atoms with Crippen LogP contribution in [0.1, 0.15) is 28.9 Å². The van der Waals surface area contributed by atoms with Crippen molar-refractivity contribution in [1.29, 1.82) is 0 Å². The molecule has 0 saturated heterocycles. The van der Waals surface area contributed by atoms with Gasteiger partial charge in [-0.2, -0.15) is 0 Å². The fourth-order valence-electron chi connectivity index (χ4n) is 2.44. The Labute approximate surface area is 134 Å². The summed E-state index contributed by atoms with van der Waals surface area (Å²) in [6.07, 6.45) is 0. The van der Waals surface area contributed by atoms with Gasteiger partial charge < -0.3 is 5.32 Å². The van der Waals surface area contributed by atoms with Gasteiger partial charge in [-0.1, -0.05) is 48.0 Å². The van der Waals surface area contributed by atoms with E-state index >= 15 is 0 Å². The second kappa shape index (κ2) is 6.20. The van der Waals surface area contributed by atoms with Crippen molar-refractivity contribution in [3.8, 4) is 0 Å². The largest absolute Gasteiger partial charge is 0.346 e. The molecule has 1 atom stereocenters. The lowest BCUT2D eigenvalue weighted by Gasteiger charge is -2.15. The van der Waals surface area contributed by atoms with Crippen LogP contribution in [0.4, 0.5) is 0 Å². The number of nitrogens with one attached hydrogen (secondary N) is 1. The fraction of sp³-hybridized carbons (Fsp3) is 0.105. The van der Waals surface area contributed by atoms with Crippen molar-refractivity contribution in [1.82, 2.24) is 5.32 Å². The summed E-state index contributed by atoms with van der Waals surface area (Å²) < 4.78 is 0. The lowest BCUT2D eigenvalue weighted by Crippen LogP contribution is -2.26. The molecule has 0 unspecified atom stereocenters. The Morgan fingerprint density at radius 2 is 1.64 bits per heavy atom. The first-order valence-corrected chi connectivity index (χ1v) is 7.56. The first-order chi connectivity index (χ1) is 10.6. The van der Waals surface area contributed by atoms with E-state index in [4.69, 9.17) is 11.6 Å². The van der Waals surface area contributed by atoms with Crippen LogP contribution in [0.25, 0.3) is 10.8 Å². The Hall–Kier alpha value is -2.32. The molecule has 0 bridgehead atoms. The van der Waals surface area contributed by atoms with E-state index in [0.717, 1.165) is 5.56 Å². The van der Waals surface area contributed by atoms with Crippen LogP contribution < -0.4 is 5.32 Å². The number of fused-ring (bicyclic) bond motifs is 1. The smallest absolute Gasteiger partial charge is 0.251 e. The summed E-state index contributed by atoms with van der Waals surface area (Å²) in [5, 5.41) is 6.01. The van der Waals surface area contributed by atoms with Gasteiger partial charge in [-0.05, 0) is 53.6 Å². The third kappa shape index (κ3) is 3.12. The quantitative estimate of drug-likeness (QED) is 0.726. The Morgan fingerprint density at radius 1 is 0.955 bits per heavy atom. The minimum atomic E-state index is -0.0997. The zero-order valence-electron chi connectivity index (χ0n) is 12.2. The predicted molar refractivity (Wildman–Crippen MR) is 91.3 cm³/mol.